The maximum absolute atomic E-state index is 13.2. The van der Waals surface area contributed by atoms with Crippen molar-refractivity contribution in [2.75, 3.05) is 53.4 Å². The second-order valence-electron chi connectivity index (χ2n) is 9.72. The molecule has 9 nitrogen and oxygen atoms in total. The number of amides is 1. The molecule has 1 saturated heterocycles. The van der Waals surface area contributed by atoms with E-state index in [9.17, 15) is 18.3 Å². The van der Waals surface area contributed by atoms with Crippen LogP contribution in [0.5, 0.6) is 5.75 Å². The average Bonchev–Trinajstić information content (AvgIpc) is 3.38. The van der Waals surface area contributed by atoms with Gasteiger partial charge in [-0.15, -0.1) is 0 Å². The molecule has 2 aromatic rings. The van der Waals surface area contributed by atoms with Crippen molar-refractivity contribution >= 4 is 15.9 Å². The van der Waals surface area contributed by atoms with Crippen LogP contribution in [0.4, 0.5) is 0 Å². The molecule has 2 unspecified atom stereocenters. The van der Waals surface area contributed by atoms with Crippen molar-refractivity contribution in [3.05, 3.63) is 59.7 Å². The number of aliphatic hydroxyl groups is 1. The summed E-state index contributed by atoms with van der Waals surface area (Å²) < 4.78 is 33.6. The molecule has 0 radical (unpaired) electrons. The van der Waals surface area contributed by atoms with Crippen LogP contribution in [0.1, 0.15) is 17.5 Å². The fraction of sp³-hybridized carbons (Fsp3) is 0.500. The van der Waals surface area contributed by atoms with Gasteiger partial charge in [-0.25, -0.2) is 8.42 Å². The van der Waals surface area contributed by atoms with Gasteiger partial charge >= 0.3 is 0 Å². The Morgan fingerprint density at radius 2 is 1.86 bits per heavy atom. The topological polar surface area (TPSA) is 102 Å². The lowest BCUT2D eigenvalue weighted by Crippen LogP contribution is -2.43. The molecule has 0 aromatic heterocycles. The summed E-state index contributed by atoms with van der Waals surface area (Å²) in [6.07, 6.45) is 0.995. The molecule has 36 heavy (non-hydrogen) atoms. The van der Waals surface area contributed by atoms with Crippen LogP contribution in [0, 0.1) is 0 Å². The van der Waals surface area contributed by atoms with Crippen LogP contribution in [0.15, 0.2) is 53.4 Å². The van der Waals surface area contributed by atoms with E-state index >= 15 is 0 Å². The zero-order chi connectivity index (χ0) is 25.7. The highest BCUT2D eigenvalue weighted by Crippen LogP contribution is 2.29. The van der Waals surface area contributed by atoms with Gasteiger partial charge < -0.3 is 20.1 Å². The molecular formula is C26H36N4O5S. The van der Waals surface area contributed by atoms with Crippen molar-refractivity contribution in [2.45, 2.75) is 36.4 Å². The Kier molecular flexibility index (Phi) is 8.63. The monoisotopic (exact) mass is 516 g/mol. The summed E-state index contributed by atoms with van der Waals surface area (Å²) >= 11 is 0. The van der Waals surface area contributed by atoms with Crippen molar-refractivity contribution in [3.8, 4) is 5.75 Å². The van der Waals surface area contributed by atoms with Gasteiger partial charge in [-0.3, -0.25) is 9.69 Å². The van der Waals surface area contributed by atoms with Crippen molar-refractivity contribution in [1.29, 1.82) is 0 Å². The van der Waals surface area contributed by atoms with Gasteiger partial charge in [-0.2, -0.15) is 4.31 Å². The minimum atomic E-state index is -3.74. The second-order valence-corrected chi connectivity index (χ2v) is 11.6. The summed E-state index contributed by atoms with van der Waals surface area (Å²) in [4.78, 5) is 16.6. The highest BCUT2D eigenvalue weighted by atomic mass is 32.2. The molecule has 196 valence electrons. The molecule has 4 rings (SSSR count). The molecule has 0 bridgehead atoms. The minimum Gasteiger partial charge on any atom is -0.482 e. The van der Waals surface area contributed by atoms with E-state index in [-0.39, 0.29) is 29.8 Å². The summed E-state index contributed by atoms with van der Waals surface area (Å²) in [5.74, 6) is -0.271. The number of rotatable bonds is 10. The number of para-hydroxylation sites is 1. The molecule has 2 N–H and O–H groups in total. The molecule has 2 aromatic carbocycles. The SMILES string of the molecule is CN(C)C1CCN(S(=O)(=O)c2ccccc2OCC(=O)NCC(O)CN2CCc3ccccc3C2)C1. The maximum atomic E-state index is 13.2. The number of nitrogens with zero attached hydrogens (tertiary/aromatic N) is 3. The van der Waals surface area contributed by atoms with Gasteiger partial charge in [-0.05, 0) is 50.2 Å². The van der Waals surface area contributed by atoms with E-state index in [0.29, 0.717) is 19.6 Å². The molecular weight excluding hydrogens is 480 g/mol. The van der Waals surface area contributed by atoms with E-state index in [1.165, 1.54) is 21.5 Å². The third kappa shape index (κ3) is 6.43. The highest BCUT2D eigenvalue weighted by molar-refractivity contribution is 7.89. The highest BCUT2D eigenvalue weighted by Gasteiger charge is 2.35. The number of carbonyl (C=O) groups excluding carboxylic acids is 1. The number of ether oxygens (including phenoxy) is 1. The summed E-state index contributed by atoms with van der Waals surface area (Å²) in [7, 11) is 0.144. The number of hydrogen-bond donors (Lipinski definition) is 2. The molecule has 1 amide bonds. The van der Waals surface area contributed by atoms with E-state index in [0.717, 1.165) is 25.9 Å². The van der Waals surface area contributed by atoms with Crippen LogP contribution in [0.25, 0.3) is 0 Å². The Hall–Kier alpha value is -2.50. The lowest BCUT2D eigenvalue weighted by molar-refractivity contribution is -0.123. The second kappa shape index (κ2) is 11.7. The summed E-state index contributed by atoms with van der Waals surface area (Å²) in [6, 6.07) is 14.9. The quantitative estimate of drug-likeness (QED) is 0.484. The fourth-order valence-corrected chi connectivity index (χ4v) is 6.39. The normalized spacial score (nSPS) is 19.7. The van der Waals surface area contributed by atoms with Gasteiger partial charge in [0.1, 0.15) is 10.6 Å². The first kappa shape index (κ1) is 26.6. The molecule has 1 fully saturated rings. The number of sulfonamides is 1. The average molecular weight is 517 g/mol. The van der Waals surface area contributed by atoms with E-state index in [4.69, 9.17) is 4.74 Å². The van der Waals surface area contributed by atoms with Crippen LogP contribution in [0.2, 0.25) is 0 Å². The Balaban J connectivity index is 1.26. The molecule has 10 heteroatoms. The van der Waals surface area contributed by atoms with E-state index in [1.54, 1.807) is 18.2 Å². The van der Waals surface area contributed by atoms with Crippen LogP contribution in [-0.2, 0) is 27.8 Å². The Morgan fingerprint density at radius 1 is 1.14 bits per heavy atom. The van der Waals surface area contributed by atoms with Crippen molar-refractivity contribution in [1.82, 2.24) is 19.4 Å². The Bertz CT molecular complexity index is 1160. The summed E-state index contributed by atoms with van der Waals surface area (Å²) in [5, 5.41) is 13.1. The molecule has 2 aliphatic heterocycles. The van der Waals surface area contributed by atoms with E-state index in [2.05, 4.69) is 22.3 Å². The van der Waals surface area contributed by atoms with Gasteiger partial charge in [0.15, 0.2) is 6.61 Å². The number of likely N-dealkylation sites (N-methyl/N-ethyl adjacent to an activating group) is 1. The largest absolute Gasteiger partial charge is 0.482 e. The predicted octanol–water partition coefficient (Wildman–Crippen LogP) is 0.925. The predicted molar refractivity (Wildman–Crippen MR) is 137 cm³/mol. The number of aliphatic hydroxyl groups excluding tert-OH is 1. The standard InChI is InChI=1S/C26H36N4O5S/c1-28(2)22-12-14-30(17-22)36(33,34)25-10-6-5-9-24(25)35-19-26(32)27-15-23(31)18-29-13-11-20-7-3-4-8-21(20)16-29/h3-10,22-23,31H,11-19H2,1-2H3,(H,27,32). The van der Waals surface area contributed by atoms with Crippen LogP contribution >= 0.6 is 0 Å². The summed E-state index contributed by atoms with van der Waals surface area (Å²) in [5.41, 5.74) is 2.62. The Morgan fingerprint density at radius 3 is 2.61 bits per heavy atom. The third-order valence-corrected chi connectivity index (χ3v) is 8.80. The number of carbonyl (C=O) groups is 1. The molecule has 0 aliphatic carbocycles. The van der Waals surface area contributed by atoms with Gasteiger partial charge in [0.2, 0.25) is 10.0 Å². The smallest absolute Gasteiger partial charge is 0.258 e. The van der Waals surface area contributed by atoms with E-state index < -0.39 is 22.0 Å². The van der Waals surface area contributed by atoms with Gasteiger partial charge in [-0.1, -0.05) is 36.4 Å². The number of hydrogen-bond acceptors (Lipinski definition) is 7. The zero-order valence-electron chi connectivity index (χ0n) is 21.0. The van der Waals surface area contributed by atoms with Crippen LogP contribution in [0.3, 0.4) is 0 Å². The maximum Gasteiger partial charge on any atom is 0.258 e. The van der Waals surface area contributed by atoms with Gasteiger partial charge in [0.25, 0.3) is 5.91 Å². The number of nitrogens with one attached hydrogen (secondary N) is 1. The van der Waals surface area contributed by atoms with Crippen LogP contribution < -0.4 is 10.1 Å². The zero-order valence-corrected chi connectivity index (χ0v) is 21.8. The first-order valence-electron chi connectivity index (χ1n) is 12.4. The van der Waals surface area contributed by atoms with Crippen molar-refractivity contribution < 1.29 is 23.1 Å². The number of benzene rings is 2. The third-order valence-electron chi connectivity index (χ3n) is 6.90. The first-order valence-corrected chi connectivity index (χ1v) is 13.8. The van der Waals surface area contributed by atoms with Crippen molar-refractivity contribution in [2.24, 2.45) is 0 Å². The molecule has 0 saturated carbocycles. The molecule has 2 atom stereocenters. The van der Waals surface area contributed by atoms with Gasteiger partial charge in [0.05, 0.1) is 6.10 Å². The van der Waals surface area contributed by atoms with Crippen LogP contribution in [-0.4, -0.2) is 99.1 Å². The number of fused-ring (bicyclic) bond motifs is 1. The van der Waals surface area contributed by atoms with Gasteiger partial charge in [0, 0.05) is 45.3 Å². The molecule has 2 aliphatic rings. The first-order chi connectivity index (χ1) is 17.2. The minimum absolute atomic E-state index is 0.0580. The summed E-state index contributed by atoms with van der Waals surface area (Å²) in [6.45, 7) is 2.73. The lowest BCUT2D eigenvalue weighted by atomic mass is 10.00. The van der Waals surface area contributed by atoms with Crippen molar-refractivity contribution in [3.63, 3.8) is 0 Å². The lowest BCUT2D eigenvalue weighted by Gasteiger charge is -2.30. The van der Waals surface area contributed by atoms with E-state index in [1.807, 2.05) is 31.1 Å². The Labute approximate surface area is 213 Å². The number of β-amino-alcohol motifs (C(OH)–C–C–N with tert-alkyl or cyclic N) is 1. The molecule has 2 heterocycles. The fourth-order valence-electron chi connectivity index (χ4n) is 4.77. The molecule has 0 spiro atoms.